The van der Waals surface area contributed by atoms with Crippen molar-refractivity contribution in [1.82, 2.24) is 5.32 Å². The van der Waals surface area contributed by atoms with Gasteiger partial charge in [-0.25, -0.2) is 9.59 Å². The third kappa shape index (κ3) is 7.48. The number of esters is 1. The predicted molar refractivity (Wildman–Crippen MR) is 71.1 cm³/mol. The van der Waals surface area contributed by atoms with E-state index in [-0.39, 0.29) is 0 Å². The average Bonchev–Trinajstić information content (AvgIpc) is 2.19. The van der Waals surface area contributed by atoms with Gasteiger partial charge < -0.3 is 15.2 Å². The largest absolute Gasteiger partial charge is 0.480 e. The number of halogens is 6. The molecule has 6 nitrogen and oxygen atoms in total. The van der Waals surface area contributed by atoms with Gasteiger partial charge in [0.25, 0.3) is 13.5 Å². The lowest BCUT2D eigenvalue weighted by Crippen LogP contribution is -2.48. The SMILES string of the molecule is O=C(O)C(COC(=O)C(Cl)(Cl)Cl)NC(=O)C(Cl)(Cl)Cl. The van der Waals surface area contributed by atoms with Crippen molar-refractivity contribution >= 4 is 87.5 Å². The lowest BCUT2D eigenvalue weighted by molar-refractivity contribution is -0.149. The molecule has 0 heterocycles. The van der Waals surface area contributed by atoms with E-state index in [0.29, 0.717) is 0 Å². The van der Waals surface area contributed by atoms with Gasteiger partial charge in [0.1, 0.15) is 6.61 Å². The van der Waals surface area contributed by atoms with Crippen molar-refractivity contribution in [2.45, 2.75) is 13.6 Å². The molecule has 0 rings (SSSR count). The number of nitrogens with one attached hydrogen (secondary N) is 1. The summed E-state index contributed by atoms with van der Waals surface area (Å²) < 4.78 is -0.357. The fourth-order valence-electron chi connectivity index (χ4n) is 0.656. The number of amides is 1. The van der Waals surface area contributed by atoms with Crippen LogP contribution in [-0.4, -0.2) is 43.2 Å². The quantitative estimate of drug-likeness (QED) is 0.559. The first-order valence-corrected chi connectivity index (χ1v) is 6.47. The molecular formula is C7H5Cl6NO5. The second kappa shape index (κ2) is 7.24. The molecule has 110 valence electrons. The van der Waals surface area contributed by atoms with Crippen molar-refractivity contribution in [3.05, 3.63) is 0 Å². The zero-order valence-corrected chi connectivity index (χ0v) is 13.2. The van der Waals surface area contributed by atoms with E-state index < -0.39 is 38.1 Å². The van der Waals surface area contributed by atoms with Gasteiger partial charge in [0.2, 0.25) is 0 Å². The van der Waals surface area contributed by atoms with Gasteiger partial charge >= 0.3 is 11.9 Å². The van der Waals surface area contributed by atoms with Crippen molar-refractivity contribution < 1.29 is 24.2 Å². The number of carboxylic acids is 1. The van der Waals surface area contributed by atoms with Crippen molar-refractivity contribution in [2.75, 3.05) is 6.61 Å². The summed E-state index contributed by atoms with van der Waals surface area (Å²) in [7, 11) is 0. The number of hydrogen-bond acceptors (Lipinski definition) is 4. The number of carbonyl (C=O) groups is 3. The Kier molecular flexibility index (Phi) is 7.30. The Morgan fingerprint density at radius 1 is 1.05 bits per heavy atom. The number of aliphatic carboxylic acids is 1. The second-order valence-corrected chi connectivity index (χ2v) is 7.52. The molecule has 19 heavy (non-hydrogen) atoms. The highest BCUT2D eigenvalue weighted by Gasteiger charge is 2.37. The van der Waals surface area contributed by atoms with Gasteiger partial charge in [0.15, 0.2) is 6.04 Å². The highest BCUT2D eigenvalue weighted by molar-refractivity contribution is 6.76. The molecule has 0 aliphatic carbocycles. The van der Waals surface area contributed by atoms with Crippen molar-refractivity contribution in [2.24, 2.45) is 0 Å². The average molecular weight is 396 g/mol. The van der Waals surface area contributed by atoms with Gasteiger partial charge in [-0.1, -0.05) is 69.6 Å². The van der Waals surface area contributed by atoms with Crippen LogP contribution in [0.2, 0.25) is 0 Å². The normalized spacial score (nSPS) is 13.6. The molecule has 0 saturated carbocycles. The minimum atomic E-state index is -2.37. The second-order valence-electron chi connectivity index (χ2n) is 2.96. The Labute approximate surface area is 137 Å². The molecule has 0 saturated heterocycles. The fraction of sp³-hybridized carbons (Fsp3) is 0.571. The summed E-state index contributed by atoms with van der Waals surface area (Å²) in [5.74, 6) is -4.07. The zero-order valence-electron chi connectivity index (χ0n) is 8.63. The molecule has 0 aromatic rings. The molecule has 0 aromatic heterocycles. The molecule has 0 spiro atoms. The summed E-state index contributed by atoms with van der Waals surface area (Å²) in [4.78, 5) is 33.1. The fourth-order valence-corrected chi connectivity index (χ4v) is 0.983. The number of carbonyl (C=O) groups excluding carboxylic acids is 2. The van der Waals surface area contributed by atoms with Crippen LogP contribution >= 0.6 is 69.6 Å². The summed E-state index contributed by atoms with van der Waals surface area (Å²) in [6.45, 7) is -0.811. The molecule has 0 radical (unpaired) electrons. The number of alkyl halides is 6. The van der Waals surface area contributed by atoms with E-state index in [9.17, 15) is 14.4 Å². The van der Waals surface area contributed by atoms with Gasteiger partial charge in [-0.2, -0.15) is 0 Å². The number of hydrogen-bond donors (Lipinski definition) is 2. The topological polar surface area (TPSA) is 92.7 Å². The van der Waals surface area contributed by atoms with Gasteiger partial charge in [0, 0.05) is 0 Å². The van der Waals surface area contributed by atoms with Crippen LogP contribution in [0, 0.1) is 0 Å². The number of ether oxygens (including phenoxy) is 1. The molecule has 1 unspecified atom stereocenters. The smallest absolute Gasteiger partial charge is 0.358 e. The van der Waals surface area contributed by atoms with E-state index >= 15 is 0 Å². The Morgan fingerprint density at radius 3 is 1.84 bits per heavy atom. The maximum Gasteiger partial charge on any atom is 0.358 e. The van der Waals surface area contributed by atoms with Crippen LogP contribution in [-0.2, 0) is 19.1 Å². The van der Waals surface area contributed by atoms with E-state index in [1.807, 2.05) is 5.32 Å². The van der Waals surface area contributed by atoms with E-state index in [4.69, 9.17) is 74.7 Å². The minimum Gasteiger partial charge on any atom is -0.480 e. The summed E-state index contributed by atoms with van der Waals surface area (Å²) >= 11 is 31.2. The van der Waals surface area contributed by atoms with Crippen molar-refractivity contribution in [3.8, 4) is 0 Å². The van der Waals surface area contributed by atoms with Crippen molar-refractivity contribution in [1.29, 1.82) is 0 Å². The minimum absolute atomic E-state index is 0.811. The monoisotopic (exact) mass is 393 g/mol. The zero-order chi connectivity index (χ0) is 15.4. The predicted octanol–water partition coefficient (Wildman–Crippen LogP) is 1.84. The Morgan fingerprint density at radius 2 is 1.53 bits per heavy atom. The summed E-state index contributed by atoms with van der Waals surface area (Å²) in [5, 5.41) is 10.6. The molecule has 0 aliphatic rings. The van der Waals surface area contributed by atoms with E-state index in [2.05, 4.69) is 4.74 Å². The van der Waals surface area contributed by atoms with Crippen LogP contribution in [0.15, 0.2) is 0 Å². The Hall–Kier alpha value is 0.150. The first kappa shape index (κ1) is 19.1. The molecule has 12 heteroatoms. The maximum absolute atomic E-state index is 11.2. The van der Waals surface area contributed by atoms with Gasteiger partial charge in [0.05, 0.1) is 0 Å². The first-order valence-electron chi connectivity index (χ1n) is 4.20. The Bertz CT molecular complexity index is 375. The van der Waals surface area contributed by atoms with Crippen LogP contribution in [0.1, 0.15) is 0 Å². The molecule has 2 N–H and O–H groups in total. The van der Waals surface area contributed by atoms with Crippen LogP contribution in [0.5, 0.6) is 0 Å². The molecule has 0 aliphatic heterocycles. The summed E-state index contributed by atoms with van der Waals surface area (Å²) in [6, 6.07) is -1.67. The van der Waals surface area contributed by atoms with E-state index in [1.165, 1.54) is 0 Å². The van der Waals surface area contributed by atoms with Gasteiger partial charge in [-0.15, -0.1) is 0 Å². The van der Waals surface area contributed by atoms with Gasteiger partial charge in [-0.3, -0.25) is 4.79 Å². The third-order valence-electron chi connectivity index (χ3n) is 1.47. The molecule has 0 fully saturated rings. The highest BCUT2D eigenvalue weighted by atomic mass is 35.6. The van der Waals surface area contributed by atoms with Crippen LogP contribution in [0.3, 0.4) is 0 Å². The van der Waals surface area contributed by atoms with Crippen molar-refractivity contribution in [3.63, 3.8) is 0 Å². The van der Waals surface area contributed by atoms with E-state index in [0.717, 1.165) is 0 Å². The standard InChI is InChI=1S/C7H5Cl6NO5/c8-6(9,10)4(17)14-2(3(15)16)1-19-5(18)7(11,12)13/h2H,1H2,(H,14,17)(H,15,16). The number of carboxylic acid groups (broad SMARTS) is 1. The van der Waals surface area contributed by atoms with Crippen LogP contribution in [0.25, 0.3) is 0 Å². The van der Waals surface area contributed by atoms with E-state index in [1.54, 1.807) is 0 Å². The molecule has 1 atom stereocenters. The van der Waals surface area contributed by atoms with Crippen LogP contribution < -0.4 is 5.32 Å². The third-order valence-corrected chi connectivity index (χ3v) is 2.45. The highest BCUT2D eigenvalue weighted by Crippen LogP contribution is 2.28. The lowest BCUT2D eigenvalue weighted by Gasteiger charge is -2.18. The molecular weight excluding hydrogens is 391 g/mol. The number of rotatable bonds is 4. The summed E-state index contributed by atoms with van der Waals surface area (Å²) in [5.41, 5.74) is 0. The lowest BCUT2D eigenvalue weighted by atomic mass is 10.3. The first-order chi connectivity index (χ1) is 8.35. The molecule has 0 aromatic carbocycles. The summed E-state index contributed by atoms with van der Waals surface area (Å²) in [6.07, 6.45) is 0. The molecule has 1 amide bonds. The van der Waals surface area contributed by atoms with Crippen LogP contribution in [0.4, 0.5) is 0 Å². The van der Waals surface area contributed by atoms with Gasteiger partial charge in [-0.05, 0) is 0 Å². The maximum atomic E-state index is 11.2. The molecule has 0 bridgehead atoms. The Balaban J connectivity index is 4.58.